The quantitative estimate of drug-likeness (QED) is 0.705. The summed E-state index contributed by atoms with van der Waals surface area (Å²) in [7, 11) is 0. The maximum absolute atomic E-state index is 12.8. The molecule has 1 saturated heterocycles. The fourth-order valence-corrected chi connectivity index (χ4v) is 3.48. The number of phenols is 1. The number of rotatable bonds is 2. The molecular weight excluding hydrogens is 316 g/mol. The highest BCUT2D eigenvalue weighted by molar-refractivity contribution is 5.93. The van der Waals surface area contributed by atoms with Gasteiger partial charge >= 0.3 is 6.03 Å². The molecule has 5 nitrogen and oxygen atoms in total. The Labute approximate surface area is 145 Å². The molecular formula is C20H20N2O3. The van der Waals surface area contributed by atoms with Gasteiger partial charge < -0.3 is 19.7 Å². The lowest BCUT2D eigenvalue weighted by atomic mass is 10.0. The second-order valence-corrected chi connectivity index (χ2v) is 6.50. The number of carbonyl (C=O) groups excluding carboxylic acids is 1. The number of urea groups is 1. The molecule has 3 aromatic rings. The first kappa shape index (κ1) is 15.6. The average molecular weight is 336 g/mol. The molecule has 2 amide bonds. The van der Waals surface area contributed by atoms with E-state index in [2.05, 4.69) is 5.32 Å². The summed E-state index contributed by atoms with van der Waals surface area (Å²) in [6.45, 7) is 2.71. The van der Waals surface area contributed by atoms with Gasteiger partial charge in [-0.25, -0.2) is 4.79 Å². The van der Waals surface area contributed by atoms with Crippen molar-refractivity contribution in [2.24, 2.45) is 0 Å². The van der Waals surface area contributed by atoms with Gasteiger partial charge in [-0.2, -0.15) is 0 Å². The minimum Gasteiger partial charge on any atom is -0.508 e. The van der Waals surface area contributed by atoms with Crippen molar-refractivity contribution in [1.29, 1.82) is 0 Å². The predicted octanol–water partition coefficient (Wildman–Crippen LogP) is 4.82. The molecule has 1 aliphatic heterocycles. The minimum atomic E-state index is -0.101. The number of likely N-dealkylation sites (tertiary alicyclic amines) is 1. The lowest BCUT2D eigenvalue weighted by Crippen LogP contribution is -2.34. The molecule has 5 heteroatoms. The van der Waals surface area contributed by atoms with Crippen LogP contribution in [0.3, 0.4) is 0 Å². The van der Waals surface area contributed by atoms with Crippen LogP contribution in [0.25, 0.3) is 11.0 Å². The monoisotopic (exact) mass is 336 g/mol. The number of phenolic OH excluding ortho intramolecular Hbond substituents is 1. The number of benzene rings is 2. The zero-order valence-electron chi connectivity index (χ0n) is 14.0. The second-order valence-electron chi connectivity index (χ2n) is 6.50. The summed E-state index contributed by atoms with van der Waals surface area (Å²) in [5.74, 6) is 0.238. The molecule has 2 aromatic carbocycles. The average Bonchev–Trinajstić information content (AvgIpc) is 3.23. The number of aromatic hydroxyl groups is 1. The Morgan fingerprint density at radius 1 is 1.24 bits per heavy atom. The largest absolute Gasteiger partial charge is 0.508 e. The normalized spacial score (nSPS) is 17.2. The molecule has 2 N–H and O–H groups in total. The number of aryl methyl sites for hydroxylation is 1. The first-order valence-corrected chi connectivity index (χ1v) is 8.46. The van der Waals surface area contributed by atoms with E-state index in [9.17, 15) is 9.90 Å². The third kappa shape index (κ3) is 2.93. The number of hydrogen-bond donors (Lipinski definition) is 2. The number of anilines is 1. The van der Waals surface area contributed by atoms with E-state index in [1.165, 1.54) is 0 Å². The Hall–Kier alpha value is -2.95. The zero-order chi connectivity index (χ0) is 17.4. The Morgan fingerprint density at radius 2 is 2.04 bits per heavy atom. The van der Waals surface area contributed by atoms with Gasteiger partial charge in [0.1, 0.15) is 11.3 Å². The summed E-state index contributed by atoms with van der Waals surface area (Å²) >= 11 is 0. The fraction of sp³-hybridized carbons (Fsp3) is 0.250. The van der Waals surface area contributed by atoms with Gasteiger partial charge in [0, 0.05) is 17.6 Å². The van der Waals surface area contributed by atoms with Crippen molar-refractivity contribution in [2.45, 2.75) is 25.8 Å². The number of fused-ring (bicyclic) bond motifs is 1. The van der Waals surface area contributed by atoms with Crippen LogP contribution in [-0.4, -0.2) is 22.6 Å². The van der Waals surface area contributed by atoms with Gasteiger partial charge in [0.05, 0.1) is 12.3 Å². The molecule has 25 heavy (non-hydrogen) atoms. The van der Waals surface area contributed by atoms with Crippen LogP contribution in [0, 0.1) is 6.92 Å². The first-order chi connectivity index (χ1) is 12.1. The molecule has 0 bridgehead atoms. The summed E-state index contributed by atoms with van der Waals surface area (Å²) in [6, 6.07) is 12.7. The molecule has 0 aliphatic carbocycles. The van der Waals surface area contributed by atoms with Gasteiger partial charge in [-0.1, -0.05) is 12.1 Å². The topological polar surface area (TPSA) is 65.7 Å². The van der Waals surface area contributed by atoms with Crippen LogP contribution in [0.2, 0.25) is 0 Å². The van der Waals surface area contributed by atoms with E-state index in [1.54, 1.807) is 18.4 Å². The van der Waals surface area contributed by atoms with Crippen LogP contribution in [0.1, 0.15) is 30.0 Å². The molecule has 0 saturated carbocycles. The second kappa shape index (κ2) is 6.16. The van der Waals surface area contributed by atoms with Crippen LogP contribution in [0.5, 0.6) is 5.75 Å². The number of nitrogens with zero attached hydrogens (tertiary/aromatic N) is 1. The minimum absolute atomic E-state index is 0.0417. The number of carbonyl (C=O) groups is 1. The van der Waals surface area contributed by atoms with Gasteiger partial charge in [-0.3, -0.25) is 0 Å². The Bertz CT molecular complexity index is 914. The van der Waals surface area contributed by atoms with Crippen LogP contribution in [0.15, 0.2) is 53.1 Å². The van der Waals surface area contributed by atoms with E-state index in [0.717, 1.165) is 47.2 Å². The Kier molecular flexibility index (Phi) is 3.84. The van der Waals surface area contributed by atoms with E-state index in [4.69, 9.17) is 4.42 Å². The van der Waals surface area contributed by atoms with E-state index in [0.29, 0.717) is 0 Å². The highest BCUT2D eigenvalue weighted by atomic mass is 16.3. The SMILES string of the molecule is Cc1coc2ccc(NC(=O)N3CCCC3c3ccc(O)cc3)cc12. The van der Waals surface area contributed by atoms with Gasteiger partial charge in [0.2, 0.25) is 0 Å². The first-order valence-electron chi connectivity index (χ1n) is 8.46. The predicted molar refractivity (Wildman–Crippen MR) is 96.8 cm³/mol. The maximum Gasteiger partial charge on any atom is 0.322 e. The summed E-state index contributed by atoms with van der Waals surface area (Å²) < 4.78 is 5.45. The summed E-state index contributed by atoms with van der Waals surface area (Å²) in [6.07, 6.45) is 3.62. The van der Waals surface area contributed by atoms with Crippen molar-refractivity contribution in [3.63, 3.8) is 0 Å². The summed E-state index contributed by atoms with van der Waals surface area (Å²) in [5, 5.41) is 13.5. The van der Waals surface area contributed by atoms with E-state index in [1.807, 2.05) is 42.2 Å². The standard InChI is InChI=1S/C20H20N2O3/c1-13-12-25-19-9-6-15(11-17(13)19)21-20(24)22-10-2-3-18(22)14-4-7-16(23)8-5-14/h4-9,11-12,18,23H,2-3,10H2,1H3,(H,21,24). The van der Waals surface area contributed by atoms with E-state index < -0.39 is 0 Å². The highest BCUT2D eigenvalue weighted by Gasteiger charge is 2.30. The van der Waals surface area contributed by atoms with Crippen molar-refractivity contribution in [1.82, 2.24) is 4.90 Å². The molecule has 1 fully saturated rings. The van der Waals surface area contributed by atoms with Gasteiger partial charge in [-0.15, -0.1) is 0 Å². The molecule has 1 aromatic heterocycles. The van der Waals surface area contributed by atoms with Gasteiger partial charge in [0.25, 0.3) is 0 Å². The van der Waals surface area contributed by atoms with Crippen LogP contribution in [-0.2, 0) is 0 Å². The molecule has 4 rings (SSSR count). The Balaban J connectivity index is 1.54. The third-order valence-electron chi connectivity index (χ3n) is 4.81. The number of amides is 2. The smallest absolute Gasteiger partial charge is 0.322 e. The van der Waals surface area contributed by atoms with Gasteiger partial charge in [0.15, 0.2) is 0 Å². The molecule has 1 atom stereocenters. The Morgan fingerprint density at radius 3 is 2.84 bits per heavy atom. The molecule has 128 valence electrons. The van der Waals surface area contributed by atoms with Crippen molar-refractivity contribution in [2.75, 3.05) is 11.9 Å². The molecule has 1 aliphatic rings. The van der Waals surface area contributed by atoms with Crippen molar-refractivity contribution in [3.05, 3.63) is 59.9 Å². The highest BCUT2D eigenvalue weighted by Crippen LogP contribution is 2.33. The lowest BCUT2D eigenvalue weighted by molar-refractivity contribution is 0.207. The van der Waals surface area contributed by atoms with Crippen molar-refractivity contribution in [3.8, 4) is 5.75 Å². The maximum atomic E-state index is 12.8. The molecule has 0 radical (unpaired) electrons. The van der Waals surface area contributed by atoms with Crippen LogP contribution >= 0.6 is 0 Å². The number of furan rings is 1. The van der Waals surface area contributed by atoms with Crippen LogP contribution < -0.4 is 5.32 Å². The lowest BCUT2D eigenvalue weighted by Gasteiger charge is -2.25. The van der Waals surface area contributed by atoms with Crippen LogP contribution in [0.4, 0.5) is 10.5 Å². The fourth-order valence-electron chi connectivity index (χ4n) is 3.48. The van der Waals surface area contributed by atoms with E-state index in [-0.39, 0.29) is 17.8 Å². The summed E-state index contributed by atoms with van der Waals surface area (Å²) in [5.41, 5.74) is 3.68. The molecule has 0 spiro atoms. The molecule has 1 unspecified atom stereocenters. The summed E-state index contributed by atoms with van der Waals surface area (Å²) in [4.78, 5) is 14.6. The molecule has 2 heterocycles. The number of nitrogens with one attached hydrogen (secondary N) is 1. The third-order valence-corrected chi connectivity index (χ3v) is 4.81. The zero-order valence-corrected chi connectivity index (χ0v) is 14.0. The van der Waals surface area contributed by atoms with E-state index >= 15 is 0 Å². The number of hydrogen-bond acceptors (Lipinski definition) is 3. The van der Waals surface area contributed by atoms with Gasteiger partial charge in [-0.05, 0) is 61.2 Å². The van der Waals surface area contributed by atoms with Crippen molar-refractivity contribution < 1.29 is 14.3 Å². The van der Waals surface area contributed by atoms with Crippen molar-refractivity contribution >= 4 is 22.7 Å².